The van der Waals surface area contributed by atoms with Gasteiger partial charge in [-0.15, -0.1) is 0 Å². The van der Waals surface area contributed by atoms with Crippen molar-refractivity contribution in [3.63, 3.8) is 0 Å². The van der Waals surface area contributed by atoms with Crippen LogP contribution >= 0.6 is 0 Å². The van der Waals surface area contributed by atoms with E-state index >= 15 is 0 Å². The zero-order valence-electron chi connectivity index (χ0n) is 5.96. The van der Waals surface area contributed by atoms with Gasteiger partial charge >= 0.3 is 0 Å². The van der Waals surface area contributed by atoms with Gasteiger partial charge in [0.1, 0.15) is 0 Å². The van der Waals surface area contributed by atoms with Crippen LogP contribution in [0.2, 0.25) is 0 Å². The highest BCUT2D eigenvalue weighted by Crippen LogP contribution is 2.07. The average Bonchev–Trinajstić information content (AvgIpc) is 1.85. The third-order valence-corrected chi connectivity index (χ3v) is 1.81. The molecule has 0 aliphatic carbocycles. The van der Waals surface area contributed by atoms with E-state index in [-0.39, 0.29) is 24.9 Å². The molecule has 1 heterocycles. The molecule has 1 fully saturated rings. The summed E-state index contributed by atoms with van der Waals surface area (Å²) >= 11 is 0. The molecule has 3 atom stereocenters. The van der Waals surface area contributed by atoms with Crippen molar-refractivity contribution < 1.29 is 5.11 Å². The van der Waals surface area contributed by atoms with Crippen molar-refractivity contribution in [2.24, 2.45) is 11.5 Å². The van der Waals surface area contributed by atoms with Gasteiger partial charge in [-0.2, -0.15) is 0 Å². The molecular formula is C6H15N3O. The molecular weight excluding hydrogens is 130 g/mol. The average molecular weight is 145 g/mol. The minimum atomic E-state index is -0.0408. The number of aliphatic hydroxyl groups is 1. The monoisotopic (exact) mass is 145 g/mol. The second-order valence-corrected chi connectivity index (χ2v) is 2.88. The first kappa shape index (κ1) is 7.94. The maximum atomic E-state index is 8.75. The van der Waals surface area contributed by atoms with Gasteiger partial charge in [-0.3, -0.25) is 5.32 Å². The third kappa shape index (κ3) is 1.91. The van der Waals surface area contributed by atoms with Gasteiger partial charge in [0.05, 0.1) is 12.8 Å². The molecule has 0 saturated carbocycles. The summed E-state index contributed by atoms with van der Waals surface area (Å²) in [5.74, 6) is 0. The van der Waals surface area contributed by atoms with Crippen LogP contribution in [0, 0.1) is 0 Å². The van der Waals surface area contributed by atoms with Crippen LogP contribution < -0.4 is 16.8 Å². The lowest BCUT2D eigenvalue weighted by molar-refractivity contribution is 0.188. The minimum absolute atomic E-state index is 0.0408. The van der Waals surface area contributed by atoms with Gasteiger partial charge in [-0.05, 0) is 12.8 Å². The quantitative estimate of drug-likeness (QED) is 0.356. The van der Waals surface area contributed by atoms with Gasteiger partial charge in [-0.1, -0.05) is 0 Å². The van der Waals surface area contributed by atoms with Gasteiger partial charge in [0.15, 0.2) is 0 Å². The van der Waals surface area contributed by atoms with Crippen LogP contribution in [0.15, 0.2) is 0 Å². The summed E-state index contributed by atoms with van der Waals surface area (Å²) in [4.78, 5) is 0. The van der Waals surface area contributed by atoms with E-state index in [9.17, 15) is 0 Å². The summed E-state index contributed by atoms with van der Waals surface area (Å²) in [6, 6.07) is 0.243. The highest BCUT2D eigenvalue weighted by Gasteiger charge is 2.22. The number of rotatable bonds is 1. The predicted molar refractivity (Wildman–Crippen MR) is 39.2 cm³/mol. The second-order valence-electron chi connectivity index (χ2n) is 2.88. The van der Waals surface area contributed by atoms with Crippen LogP contribution in [0.3, 0.4) is 0 Å². The lowest BCUT2D eigenvalue weighted by Gasteiger charge is -2.31. The number of hydrogen-bond donors (Lipinski definition) is 4. The summed E-state index contributed by atoms with van der Waals surface area (Å²) in [5.41, 5.74) is 11.2. The topological polar surface area (TPSA) is 84.3 Å². The van der Waals surface area contributed by atoms with E-state index in [4.69, 9.17) is 16.6 Å². The molecule has 0 aromatic carbocycles. The van der Waals surface area contributed by atoms with Gasteiger partial charge in [0.25, 0.3) is 0 Å². The first-order valence-electron chi connectivity index (χ1n) is 3.60. The van der Waals surface area contributed by atoms with Crippen LogP contribution in [0.1, 0.15) is 12.8 Å². The molecule has 1 rings (SSSR count). The van der Waals surface area contributed by atoms with E-state index in [1.54, 1.807) is 0 Å². The van der Waals surface area contributed by atoms with Crippen molar-refractivity contribution in [3.8, 4) is 0 Å². The SMILES string of the molecule is NC1CC(N)NC(CO)C1. The van der Waals surface area contributed by atoms with Gasteiger partial charge < -0.3 is 16.6 Å². The Kier molecular flexibility index (Phi) is 2.62. The van der Waals surface area contributed by atoms with Crippen LogP contribution in [0.5, 0.6) is 0 Å². The Hall–Kier alpha value is -0.160. The van der Waals surface area contributed by atoms with Crippen LogP contribution in [-0.2, 0) is 0 Å². The Morgan fingerprint density at radius 2 is 2.10 bits per heavy atom. The van der Waals surface area contributed by atoms with E-state index in [0.717, 1.165) is 12.8 Å². The molecule has 6 N–H and O–H groups in total. The molecule has 0 amide bonds. The predicted octanol–water partition coefficient (Wildman–Crippen LogP) is -1.66. The number of nitrogens with one attached hydrogen (secondary N) is 1. The minimum Gasteiger partial charge on any atom is -0.395 e. The Bertz CT molecular complexity index is 99.2. The molecule has 0 bridgehead atoms. The molecule has 60 valence electrons. The molecule has 3 unspecified atom stereocenters. The number of hydrogen-bond acceptors (Lipinski definition) is 4. The summed E-state index contributed by atoms with van der Waals surface area (Å²) in [7, 11) is 0. The third-order valence-electron chi connectivity index (χ3n) is 1.81. The zero-order valence-corrected chi connectivity index (χ0v) is 5.96. The van der Waals surface area contributed by atoms with E-state index in [1.165, 1.54) is 0 Å². The molecule has 0 spiro atoms. The van der Waals surface area contributed by atoms with Crippen molar-refractivity contribution >= 4 is 0 Å². The van der Waals surface area contributed by atoms with Crippen molar-refractivity contribution in [1.82, 2.24) is 5.32 Å². The standard InChI is InChI=1S/C6H15N3O/c7-4-1-5(3-10)9-6(8)2-4/h4-6,9-10H,1-3,7-8H2. The molecule has 1 aliphatic heterocycles. The smallest absolute Gasteiger partial charge is 0.0585 e. The summed E-state index contributed by atoms with van der Waals surface area (Å²) in [6.07, 6.45) is 1.58. The van der Waals surface area contributed by atoms with Crippen LogP contribution in [0.25, 0.3) is 0 Å². The number of aliphatic hydroxyl groups excluding tert-OH is 1. The van der Waals surface area contributed by atoms with Crippen molar-refractivity contribution in [3.05, 3.63) is 0 Å². The molecule has 1 aliphatic rings. The Morgan fingerprint density at radius 1 is 1.40 bits per heavy atom. The molecule has 4 heteroatoms. The fourth-order valence-corrected chi connectivity index (χ4v) is 1.35. The van der Waals surface area contributed by atoms with E-state index in [1.807, 2.05) is 0 Å². The summed E-state index contributed by atoms with van der Waals surface area (Å²) < 4.78 is 0. The zero-order chi connectivity index (χ0) is 7.56. The van der Waals surface area contributed by atoms with Crippen LogP contribution in [-0.4, -0.2) is 30.0 Å². The molecule has 4 nitrogen and oxygen atoms in total. The lowest BCUT2D eigenvalue weighted by atomic mass is 9.99. The van der Waals surface area contributed by atoms with E-state index in [2.05, 4.69) is 5.32 Å². The Morgan fingerprint density at radius 3 is 2.60 bits per heavy atom. The summed E-state index contributed by atoms with van der Waals surface area (Å²) in [6.45, 7) is 0.126. The maximum Gasteiger partial charge on any atom is 0.0585 e. The second kappa shape index (κ2) is 3.30. The van der Waals surface area contributed by atoms with Crippen LogP contribution in [0.4, 0.5) is 0 Å². The van der Waals surface area contributed by atoms with Gasteiger partial charge in [0, 0.05) is 12.1 Å². The van der Waals surface area contributed by atoms with E-state index < -0.39 is 0 Å². The molecule has 1 saturated heterocycles. The number of piperidine rings is 1. The summed E-state index contributed by atoms with van der Waals surface area (Å²) in [5, 5.41) is 11.8. The lowest BCUT2D eigenvalue weighted by Crippen LogP contribution is -2.55. The van der Waals surface area contributed by atoms with Crippen molar-refractivity contribution in [1.29, 1.82) is 0 Å². The first-order chi connectivity index (χ1) is 4.72. The largest absolute Gasteiger partial charge is 0.395 e. The fourth-order valence-electron chi connectivity index (χ4n) is 1.35. The van der Waals surface area contributed by atoms with Crippen molar-refractivity contribution in [2.45, 2.75) is 31.1 Å². The Balaban J connectivity index is 2.35. The van der Waals surface area contributed by atoms with E-state index in [0.29, 0.717) is 0 Å². The molecule has 0 aromatic rings. The maximum absolute atomic E-state index is 8.75. The normalized spacial score (nSPS) is 41.7. The van der Waals surface area contributed by atoms with Gasteiger partial charge in [-0.25, -0.2) is 0 Å². The Labute approximate surface area is 60.6 Å². The molecule has 10 heavy (non-hydrogen) atoms. The first-order valence-corrected chi connectivity index (χ1v) is 3.60. The fraction of sp³-hybridized carbons (Fsp3) is 1.00. The highest BCUT2D eigenvalue weighted by atomic mass is 16.3. The molecule has 0 aromatic heterocycles. The highest BCUT2D eigenvalue weighted by molar-refractivity contribution is 4.83. The molecule has 0 radical (unpaired) electrons. The van der Waals surface area contributed by atoms with Gasteiger partial charge in [0.2, 0.25) is 0 Å². The van der Waals surface area contributed by atoms with Crippen molar-refractivity contribution in [2.75, 3.05) is 6.61 Å². The number of nitrogens with two attached hydrogens (primary N) is 2.